The molecule has 3 rings (SSSR count). The van der Waals surface area contributed by atoms with Gasteiger partial charge in [-0.15, -0.1) is 6.58 Å². The lowest BCUT2D eigenvalue weighted by Crippen LogP contribution is -2.27. The van der Waals surface area contributed by atoms with E-state index >= 15 is 0 Å². The molecular formula is C16H14N4O2S2. The van der Waals surface area contributed by atoms with Crippen LogP contribution in [0.15, 0.2) is 54.1 Å². The Hall–Kier alpha value is -2.58. The maximum atomic E-state index is 12.6. The molecule has 0 aliphatic heterocycles. The first-order valence-corrected chi connectivity index (χ1v) is 8.37. The van der Waals surface area contributed by atoms with Crippen LogP contribution in [0.25, 0.3) is 10.3 Å². The number of hydrogen-bond acceptors (Lipinski definition) is 5. The Morgan fingerprint density at radius 2 is 2.12 bits per heavy atom. The summed E-state index contributed by atoms with van der Waals surface area (Å²) in [6.07, 6.45) is 3.07. The molecule has 0 saturated carbocycles. The van der Waals surface area contributed by atoms with Crippen LogP contribution in [-0.2, 0) is 17.9 Å². The predicted octanol–water partition coefficient (Wildman–Crippen LogP) is 2.81. The van der Waals surface area contributed by atoms with E-state index in [0.717, 1.165) is 0 Å². The summed E-state index contributed by atoms with van der Waals surface area (Å²) >= 11 is 6.46. The molecule has 6 nitrogen and oxygen atoms in total. The largest absolute Gasteiger partial charge is 0.325 e. The van der Waals surface area contributed by atoms with Gasteiger partial charge in [0, 0.05) is 12.2 Å². The highest BCUT2D eigenvalue weighted by Crippen LogP contribution is 2.17. The zero-order valence-electron chi connectivity index (χ0n) is 12.6. The topological polar surface area (TPSA) is 68.9 Å². The van der Waals surface area contributed by atoms with Gasteiger partial charge in [0.25, 0.3) is 5.56 Å². The highest BCUT2D eigenvalue weighted by molar-refractivity contribution is 7.73. The quantitative estimate of drug-likeness (QED) is 0.562. The maximum Gasteiger partial charge on any atom is 0.273 e. The van der Waals surface area contributed by atoms with Gasteiger partial charge in [0.1, 0.15) is 17.6 Å². The van der Waals surface area contributed by atoms with E-state index < -0.39 is 0 Å². The zero-order chi connectivity index (χ0) is 17.1. The number of allylic oxidation sites excluding steroid dienone is 1. The van der Waals surface area contributed by atoms with Crippen molar-refractivity contribution in [3.63, 3.8) is 0 Å². The van der Waals surface area contributed by atoms with Crippen LogP contribution in [0.4, 0.5) is 5.69 Å². The Labute approximate surface area is 146 Å². The van der Waals surface area contributed by atoms with Crippen molar-refractivity contribution in [1.82, 2.24) is 14.1 Å². The van der Waals surface area contributed by atoms with Crippen molar-refractivity contribution in [1.29, 1.82) is 0 Å². The molecule has 122 valence electrons. The summed E-state index contributed by atoms with van der Waals surface area (Å²) in [6, 6.07) is 9.07. The Bertz CT molecular complexity index is 1020. The molecule has 0 atom stereocenters. The number of rotatable bonds is 5. The highest BCUT2D eigenvalue weighted by Gasteiger charge is 2.13. The molecule has 1 amide bonds. The smallest absolute Gasteiger partial charge is 0.273 e. The van der Waals surface area contributed by atoms with Gasteiger partial charge < -0.3 is 9.88 Å². The normalized spacial score (nSPS) is 10.7. The van der Waals surface area contributed by atoms with Crippen LogP contribution in [0.5, 0.6) is 0 Å². The van der Waals surface area contributed by atoms with Gasteiger partial charge in [-0.05, 0) is 24.4 Å². The van der Waals surface area contributed by atoms with Crippen LogP contribution < -0.4 is 10.9 Å². The molecule has 0 aliphatic rings. The first-order valence-electron chi connectivity index (χ1n) is 7.14. The summed E-state index contributed by atoms with van der Waals surface area (Å²) in [5.74, 6) is -0.293. The van der Waals surface area contributed by atoms with Crippen LogP contribution in [-0.4, -0.2) is 20.0 Å². The van der Waals surface area contributed by atoms with Crippen LogP contribution >= 0.6 is 23.6 Å². The van der Waals surface area contributed by atoms with E-state index in [4.69, 9.17) is 12.2 Å². The lowest BCUT2D eigenvalue weighted by Gasteiger charge is -2.07. The van der Waals surface area contributed by atoms with Gasteiger partial charge in [-0.25, -0.2) is 4.98 Å². The molecule has 0 saturated heterocycles. The summed E-state index contributed by atoms with van der Waals surface area (Å²) in [7, 11) is 0. The molecule has 2 heterocycles. The van der Waals surface area contributed by atoms with Gasteiger partial charge in [0.2, 0.25) is 5.91 Å². The summed E-state index contributed by atoms with van der Waals surface area (Å²) in [6.45, 7) is 4.06. The fourth-order valence-electron chi connectivity index (χ4n) is 2.25. The number of amides is 1. The van der Waals surface area contributed by atoms with Crippen molar-refractivity contribution >= 4 is 45.5 Å². The molecule has 0 bridgehead atoms. The molecule has 0 spiro atoms. The number of carbonyl (C=O) groups is 1. The van der Waals surface area contributed by atoms with Crippen molar-refractivity contribution in [2.75, 3.05) is 5.32 Å². The average Bonchev–Trinajstić information content (AvgIpc) is 2.88. The molecule has 1 N–H and O–H groups in total. The van der Waals surface area contributed by atoms with Crippen molar-refractivity contribution in [3.8, 4) is 0 Å². The first kappa shape index (κ1) is 16.3. The van der Waals surface area contributed by atoms with Crippen LogP contribution in [0.1, 0.15) is 0 Å². The molecule has 0 fully saturated rings. The van der Waals surface area contributed by atoms with E-state index in [2.05, 4.69) is 16.9 Å². The Morgan fingerprint density at radius 3 is 2.83 bits per heavy atom. The number of nitrogens with one attached hydrogen (secondary N) is 1. The van der Waals surface area contributed by atoms with Crippen molar-refractivity contribution < 1.29 is 4.79 Å². The SMILES string of the molecule is C=CCn1c(=S)sc2c(=O)n(CC(=O)Nc3ccccc3)cnc21. The zero-order valence-corrected chi connectivity index (χ0v) is 14.3. The van der Waals surface area contributed by atoms with E-state index in [1.807, 2.05) is 18.2 Å². The number of carbonyl (C=O) groups excluding carboxylic acids is 1. The molecule has 0 radical (unpaired) electrons. The monoisotopic (exact) mass is 358 g/mol. The third kappa shape index (κ3) is 3.19. The highest BCUT2D eigenvalue weighted by atomic mass is 32.1. The Morgan fingerprint density at radius 1 is 1.38 bits per heavy atom. The summed E-state index contributed by atoms with van der Waals surface area (Å²) in [5.41, 5.74) is 0.925. The number of para-hydroxylation sites is 1. The Kier molecular flexibility index (Phi) is 4.68. The van der Waals surface area contributed by atoms with E-state index in [9.17, 15) is 9.59 Å². The van der Waals surface area contributed by atoms with Crippen molar-refractivity contribution in [2.24, 2.45) is 0 Å². The van der Waals surface area contributed by atoms with Gasteiger partial charge >= 0.3 is 0 Å². The standard InChI is InChI=1S/C16H14N4O2S2/c1-2-8-20-14-13(24-16(20)23)15(22)19(10-17-14)9-12(21)18-11-6-4-3-5-7-11/h2-7,10H,1,8-9H2,(H,18,21). The van der Waals surface area contributed by atoms with E-state index in [0.29, 0.717) is 26.5 Å². The minimum atomic E-state index is -0.293. The minimum absolute atomic E-state index is 0.108. The first-order chi connectivity index (χ1) is 11.6. The van der Waals surface area contributed by atoms with Gasteiger partial charge in [0.05, 0.1) is 0 Å². The van der Waals surface area contributed by atoms with Crippen molar-refractivity contribution in [3.05, 3.63) is 63.6 Å². The van der Waals surface area contributed by atoms with Crippen LogP contribution in [0.3, 0.4) is 0 Å². The van der Waals surface area contributed by atoms with E-state index in [1.165, 1.54) is 22.2 Å². The number of hydrogen-bond donors (Lipinski definition) is 1. The molecule has 3 aromatic rings. The number of anilines is 1. The molecular weight excluding hydrogens is 344 g/mol. The molecule has 1 aromatic carbocycles. The van der Waals surface area contributed by atoms with Crippen molar-refractivity contribution in [2.45, 2.75) is 13.1 Å². The van der Waals surface area contributed by atoms with Gasteiger partial charge in [-0.3, -0.25) is 14.2 Å². The number of nitrogens with zero attached hydrogens (tertiary/aromatic N) is 3. The number of benzene rings is 1. The number of aromatic nitrogens is 3. The van der Waals surface area contributed by atoms with E-state index in [-0.39, 0.29) is 18.0 Å². The number of thiazole rings is 1. The molecule has 2 aromatic heterocycles. The molecule has 24 heavy (non-hydrogen) atoms. The summed E-state index contributed by atoms with van der Waals surface area (Å²) < 4.78 is 4.03. The van der Waals surface area contributed by atoms with Crippen LogP contribution in [0.2, 0.25) is 0 Å². The Balaban J connectivity index is 1.89. The second-order valence-electron chi connectivity index (χ2n) is 5.01. The summed E-state index contributed by atoms with van der Waals surface area (Å²) in [5, 5.41) is 2.74. The lowest BCUT2D eigenvalue weighted by atomic mass is 10.3. The third-order valence-electron chi connectivity index (χ3n) is 3.33. The third-order valence-corrected chi connectivity index (χ3v) is 4.75. The number of fused-ring (bicyclic) bond motifs is 1. The minimum Gasteiger partial charge on any atom is -0.325 e. The lowest BCUT2D eigenvalue weighted by molar-refractivity contribution is -0.116. The second-order valence-corrected chi connectivity index (χ2v) is 6.66. The van der Waals surface area contributed by atoms with Gasteiger partial charge in [0.15, 0.2) is 9.60 Å². The van der Waals surface area contributed by atoms with Crippen LogP contribution in [0, 0.1) is 3.95 Å². The fraction of sp³-hybridized carbons (Fsp3) is 0.125. The average molecular weight is 358 g/mol. The second kappa shape index (κ2) is 6.90. The molecule has 0 aliphatic carbocycles. The maximum absolute atomic E-state index is 12.6. The predicted molar refractivity (Wildman–Crippen MR) is 98.0 cm³/mol. The van der Waals surface area contributed by atoms with E-state index in [1.54, 1.807) is 22.8 Å². The summed E-state index contributed by atoms with van der Waals surface area (Å²) in [4.78, 5) is 28.9. The van der Waals surface area contributed by atoms with Gasteiger partial charge in [-0.1, -0.05) is 35.6 Å². The molecule has 8 heteroatoms. The van der Waals surface area contributed by atoms with Gasteiger partial charge in [-0.2, -0.15) is 0 Å². The fourth-order valence-corrected chi connectivity index (χ4v) is 3.57. The molecule has 0 unspecified atom stereocenters.